The number of hydrogen-bond donors (Lipinski definition) is 1. The van der Waals surface area contributed by atoms with E-state index in [-0.39, 0.29) is 36.7 Å². The first-order chi connectivity index (χ1) is 13.8. The molecule has 0 saturated carbocycles. The van der Waals surface area contributed by atoms with Gasteiger partial charge in [-0.15, -0.1) is 0 Å². The SMILES string of the molecule is CC(=O)N[C@H](C(=O)OC/C(C)=C(\C)CC(=O)O[C@@H](CC(C)C)C(=O)N(C)C)C(C)C. The number of nitrogens with one attached hydrogen (secondary N) is 1. The molecule has 0 aromatic heterocycles. The van der Waals surface area contributed by atoms with Crippen LogP contribution in [0.4, 0.5) is 0 Å². The van der Waals surface area contributed by atoms with Gasteiger partial charge in [-0.3, -0.25) is 14.4 Å². The molecule has 0 aromatic carbocycles. The van der Waals surface area contributed by atoms with Crippen molar-refractivity contribution in [1.82, 2.24) is 10.2 Å². The van der Waals surface area contributed by atoms with Gasteiger partial charge in [-0.05, 0) is 37.7 Å². The summed E-state index contributed by atoms with van der Waals surface area (Å²) in [7, 11) is 3.25. The molecule has 30 heavy (non-hydrogen) atoms. The highest BCUT2D eigenvalue weighted by molar-refractivity contribution is 5.84. The highest BCUT2D eigenvalue weighted by Crippen LogP contribution is 2.15. The Morgan fingerprint density at radius 2 is 1.50 bits per heavy atom. The molecule has 0 unspecified atom stereocenters. The largest absolute Gasteiger partial charge is 0.460 e. The van der Waals surface area contributed by atoms with Crippen LogP contribution in [-0.2, 0) is 28.7 Å². The lowest BCUT2D eigenvalue weighted by Crippen LogP contribution is -2.44. The van der Waals surface area contributed by atoms with E-state index in [1.165, 1.54) is 11.8 Å². The van der Waals surface area contributed by atoms with Crippen molar-refractivity contribution in [1.29, 1.82) is 0 Å². The van der Waals surface area contributed by atoms with E-state index in [4.69, 9.17) is 9.47 Å². The summed E-state index contributed by atoms with van der Waals surface area (Å²) in [6.45, 7) is 12.4. The number of carbonyl (C=O) groups is 4. The lowest BCUT2D eigenvalue weighted by molar-refractivity contribution is -0.159. The van der Waals surface area contributed by atoms with Gasteiger partial charge < -0.3 is 19.7 Å². The van der Waals surface area contributed by atoms with E-state index in [1.54, 1.807) is 27.9 Å². The maximum absolute atomic E-state index is 12.4. The van der Waals surface area contributed by atoms with Crippen molar-refractivity contribution < 1.29 is 28.7 Å². The Balaban J connectivity index is 4.96. The van der Waals surface area contributed by atoms with Crippen molar-refractivity contribution >= 4 is 23.8 Å². The van der Waals surface area contributed by atoms with Gasteiger partial charge in [0.05, 0.1) is 6.42 Å². The minimum absolute atomic E-state index is 0.00199. The molecular formula is C22H38N2O6. The van der Waals surface area contributed by atoms with Gasteiger partial charge in [0.25, 0.3) is 5.91 Å². The summed E-state index contributed by atoms with van der Waals surface area (Å²) in [5.41, 5.74) is 1.42. The molecule has 0 aromatic rings. The number of amides is 2. The first kappa shape index (κ1) is 27.6. The van der Waals surface area contributed by atoms with Crippen LogP contribution >= 0.6 is 0 Å². The van der Waals surface area contributed by atoms with E-state index in [0.717, 1.165) is 0 Å². The quantitative estimate of drug-likeness (QED) is 0.402. The Hall–Kier alpha value is -2.38. The fourth-order valence-corrected chi connectivity index (χ4v) is 2.59. The maximum Gasteiger partial charge on any atom is 0.329 e. The number of esters is 2. The van der Waals surface area contributed by atoms with Crippen molar-refractivity contribution in [3.63, 3.8) is 0 Å². The van der Waals surface area contributed by atoms with Crippen LogP contribution in [0.2, 0.25) is 0 Å². The monoisotopic (exact) mass is 426 g/mol. The number of carbonyl (C=O) groups excluding carboxylic acids is 4. The fourth-order valence-electron chi connectivity index (χ4n) is 2.59. The summed E-state index contributed by atoms with van der Waals surface area (Å²) in [5.74, 6) is -1.50. The molecule has 0 radical (unpaired) electrons. The number of likely N-dealkylation sites (N-methyl/N-ethyl adjacent to an activating group) is 1. The van der Waals surface area contributed by atoms with Gasteiger partial charge in [0, 0.05) is 21.0 Å². The van der Waals surface area contributed by atoms with Crippen molar-refractivity contribution in [3.05, 3.63) is 11.1 Å². The van der Waals surface area contributed by atoms with Gasteiger partial charge >= 0.3 is 11.9 Å². The molecule has 2 amide bonds. The molecule has 0 saturated heterocycles. The summed E-state index contributed by atoms with van der Waals surface area (Å²) < 4.78 is 10.7. The van der Waals surface area contributed by atoms with Crippen LogP contribution in [-0.4, -0.2) is 61.5 Å². The molecule has 0 aliphatic heterocycles. The number of nitrogens with zero attached hydrogens (tertiary/aromatic N) is 1. The Morgan fingerprint density at radius 3 is 1.93 bits per heavy atom. The van der Waals surface area contributed by atoms with E-state index in [0.29, 0.717) is 17.6 Å². The Labute approximate surface area is 180 Å². The molecule has 8 heteroatoms. The van der Waals surface area contributed by atoms with E-state index in [1.807, 2.05) is 27.7 Å². The Morgan fingerprint density at radius 1 is 0.933 bits per heavy atom. The van der Waals surface area contributed by atoms with Gasteiger partial charge in [0.2, 0.25) is 5.91 Å². The second kappa shape index (κ2) is 13.0. The molecule has 0 spiro atoms. The lowest BCUT2D eigenvalue weighted by atomic mass is 10.0. The van der Waals surface area contributed by atoms with Gasteiger partial charge in [0.15, 0.2) is 6.10 Å². The van der Waals surface area contributed by atoms with Gasteiger partial charge in [-0.1, -0.05) is 33.3 Å². The number of rotatable bonds is 11. The highest BCUT2D eigenvalue weighted by atomic mass is 16.5. The van der Waals surface area contributed by atoms with Gasteiger partial charge in [-0.2, -0.15) is 0 Å². The molecule has 2 atom stereocenters. The molecule has 0 aliphatic rings. The summed E-state index contributed by atoms with van der Waals surface area (Å²) in [6.07, 6.45) is -0.372. The second-order valence-corrected chi connectivity index (χ2v) is 8.61. The predicted octanol–water partition coefficient (Wildman–Crippen LogP) is 2.46. The molecule has 0 aliphatic carbocycles. The third-order valence-electron chi connectivity index (χ3n) is 4.52. The van der Waals surface area contributed by atoms with Crippen LogP contribution < -0.4 is 5.32 Å². The summed E-state index contributed by atoms with van der Waals surface area (Å²) in [6, 6.07) is -0.727. The summed E-state index contributed by atoms with van der Waals surface area (Å²) in [4.78, 5) is 49.5. The molecule has 172 valence electrons. The minimum atomic E-state index is -0.817. The normalized spacial score (nSPS) is 14.0. The predicted molar refractivity (Wildman–Crippen MR) is 114 cm³/mol. The number of ether oxygens (including phenoxy) is 2. The molecule has 0 fully saturated rings. The van der Waals surface area contributed by atoms with E-state index >= 15 is 0 Å². The summed E-state index contributed by atoms with van der Waals surface area (Å²) >= 11 is 0. The van der Waals surface area contributed by atoms with Crippen molar-refractivity contribution in [2.45, 2.75) is 73.5 Å². The third-order valence-corrected chi connectivity index (χ3v) is 4.52. The molecule has 0 rings (SSSR count). The molecule has 1 N–H and O–H groups in total. The van der Waals surface area contributed by atoms with Gasteiger partial charge in [0.1, 0.15) is 12.6 Å². The zero-order valence-corrected chi connectivity index (χ0v) is 19.8. The molecule has 8 nitrogen and oxygen atoms in total. The topological polar surface area (TPSA) is 102 Å². The molecule has 0 heterocycles. The van der Waals surface area contributed by atoms with Crippen molar-refractivity contribution in [2.75, 3.05) is 20.7 Å². The van der Waals surface area contributed by atoms with E-state index in [2.05, 4.69) is 5.32 Å². The average Bonchev–Trinajstić information content (AvgIpc) is 2.61. The Kier molecular flexibility index (Phi) is 12.0. The van der Waals surface area contributed by atoms with E-state index < -0.39 is 24.1 Å². The van der Waals surface area contributed by atoms with Crippen LogP contribution in [0, 0.1) is 11.8 Å². The van der Waals surface area contributed by atoms with Crippen molar-refractivity contribution in [3.8, 4) is 0 Å². The second-order valence-electron chi connectivity index (χ2n) is 8.61. The number of hydrogen-bond acceptors (Lipinski definition) is 6. The van der Waals surface area contributed by atoms with Crippen LogP contribution in [0.25, 0.3) is 0 Å². The lowest BCUT2D eigenvalue weighted by Gasteiger charge is -2.22. The highest BCUT2D eigenvalue weighted by Gasteiger charge is 2.26. The minimum Gasteiger partial charge on any atom is -0.460 e. The molecule has 0 bridgehead atoms. The zero-order chi connectivity index (χ0) is 23.6. The summed E-state index contributed by atoms with van der Waals surface area (Å²) in [5, 5.41) is 2.58. The van der Waals surface area contributed by atoms with E-state index in [9.17, 15) is 19.2 Å². The zero-order valence-electron chi connectivity index (χ0n) is 19.8. The van der Waals surface area contributed by atoms with Crippen LogP contribution in [0.1, 0.15) is 61.3 Å². The van der Waals surface area contributed by atoms with Crippen LogP contribution in [0.5, 0.6) is 0 Å². The third kappa shape index (κ3) is 10.4. The Bertz CT molecular complexity index is 652. The fraction of sp³-hybridized carbons (Fsp3) is 0.727. The van der Waals surface area contributed by atoms with Crippen LogP contribution in [0.15, 0.2) is 11.1 Å². The first-order valence-corrected chi connectivity index (χ1v) is 10.3. The average molecular weight is 427 g/mol. The maximum atomic E-state index is 12.4. The smallest absolute Gasteiger partial charge is 0.329 e. The standard InChI is InChI=1S/C22H38N2O6/c1-13(2)10-18(21(27)24(8)9)30-19(26)11-15(5)16(6)12-29-22(28)20(14(3)4)23-17(7)25/h13-14,18,20H,10-12H2,1-9H3,(H,23,25)/b16-15+/t18-,20-/m0/s1. The first-order valence-electron chi connectivity index (χ1n) is 10.3. The van der Waals surface area contributed by atoms with Crippen molar-refractivity contribution in [2.24, 2.45) is 11.8 Å². The van der Waals surface area contributed by atoms with Gasteiger partial charge in [-0.25, -0.2) is 4.79 Å². The molecular weight excluding hydrogens is 388 g/mol. The van der Waals surface area contributed by atoms with Crippen LogP contribution in [0.3, 0.4) is 0 Å².